The van der Waals surface area contributed by atoms with E-state index in [-0.39, 0.29) is 12.6 Å². The number of nitrogens with one attached hydrogen (secondary N) is 2. The molecular weight excluding hydrogens is 364 g/mol. The number of benzene rings is 1. The number of aromatic nitrogens is 1. The van der Waals surface area contributed by atoms with Gasteiger partial charge in [-0.15, -0.1) is 0 Å². The second-order valence-electron chi connectivity index (χ2n) is 6.63. The van der Waals surface area contributed by atoms with Crippen molar-refractivity contribution in [2.75, 3.05) is 10.8 Å². The minimum atomic E-state index is -4.02. The Kier molecular flexibility index (Phi) is 5.65. The predicted octanol–water partition coefficient (Wildman–Crippen LogP) is 2.91. The van der Waals surface area contributed by atoms with Crippen LogP contribution in [0.4, 0.5) is 10.5 Å². The number of hydrogen-bond acceptors (Lipinski definition) is 4. The van der Waals surface area contributed by atoms with Crippen LogP contribution in [0.5, 0.6) is 0 Å². The van der Waals surface area contributed by atoms with Gasteiger partial charge in [-0.2, -0.15) is 8.42 Å². The second kappa shape index (κ2) is 7.96. The number of carbonyl (C=O) groups is 1. The number of pyridine rings is 1. The zero-order valence-corrected chi connectivity index (χ0v) is 16.2. The quantitative estimate of drug-likeness (QED) is 0.763. The number of rotatable bonds is 7. The van der Waals surface area contributed by atoms with E-state index in [4.69, 9.17) is 0 Å². The van der Waals surface area contributed by atoms with Crippen molar-refractivity contribution in [3.8, 4) is 0 Å². The monoisotopic (exact) mass is 388 g/mol. The van der Waals surface area contributed by atoms with Crippen molar-refractivity contribution in [1.29, 1.82) is 0 Å². The summed E-state index contributed by atoms with van der Waals surface area (Å²) in [7, 11) is -4.02. The SMILES string of the molecule is CCN(c1ccccc1C)S(=O)(=O)NC(=O)NC(c1ccncc1)C1CC1. The lowest BCUT2D eigenvalue weighted by atomic mass is 10.0. The van der Waals surface area contributed by atoms with Gasteiger partial charge in [0.2, 0.25) is 0 Å². The summed E-state index contributed by atoms with van der Waals surface area (Å²) in [5, 5.41) is 2.81. The third kappa shape index (κ3) is 4.57. The molecular formula is C19H24N4O3S. The van der Waals surface area contributed by atoms with Gasteiger partial charge < -0.3 is 5.32 Å². The van der Waals surface area contributed by atoms with E-state index in [9.17, 15) is 13.2 Å². The number of aryl methyl sites for hydroxylation is 1. The third-order valence-electron chi connectivity index (χ3n) is 4.63. The lowest BCUT2D eigenvalue weighted by Crippen LogP contribution is -2.48. The van der Waals surface area contributed by atoms with Crippen molar-refractivity contribution < 1.29 is 13.2 Å². The molecule has 8 heteroatoms. The summed E-state index contributed by atoms with van der Waals surface area (Å²) in [5.41, 5.74) is 2.29. The molecule has 27 heavy (non-hydrogen) atoms. The standard InChI is InChI=1S/C19H24N4O3S/c1-3-23(17-7-5-4-6-14(17)2)27(25,26)22-19(24)21-18(15-8-9-15)16-10-12-20-13-11-16/h4-7,10-13,15,18H,3,8-9H2,1-2H3,(H2,21,22,24). The van der Waals surface area contributed by atoms with Crippen molar-refractivity contribution in [2.24, 2.45) is 5.92 Å². The van der Waals surface area contributed by atoms with Gasteiger partial charge in [-0.1, -0.05) is 18.2 Å². The molecule has 1 unspecified atom stereocenters. The number of para-hydroxylation sites is 1. The molecule has 1 atom stereocenters. The van der Waals surface area contributed by atoms with Crippen LogP contribution in [0.25, 0.3) is 0 Å². The Morgan fingerprint density at radius 1 is 1.22 bits per heavy atom. The van der Waals surface area contributed by atoms with Crippen molar-refractivity contribution in [1.82, 2.24) is 15.0 Å². The fourth-order valence-corrected chi connectivity index (χ4v) is 4.34. The van der Waals surface area contributed by atoms with E-state index in [0.717, 1.165) is 24.0 Å². The van der Waals surface area contributed by atoms with Crippen LogP contribution in [0.15, 0.2) is 48.8 Å². The van der Waals surface area contributed by atoms with Gasteiger partial charge in [0.1, 0.15) is 0 Å². The lowest BCUT2D eigenvalue weighted by molar-refractivity contribution is 0.240. The maximum Gasteiger partial charge on any atom is 0.330 e. The Balaban J connectivity index is 1.74. The van der Waals surface area contributed by atoms with Crippen LogP contribution in [0.1, 0.15) is 36.9 Å². The Labute approximate surface area is 160 Å². The van der Waals surface area contributed by atoms with Gasteiger partial charge >= 0.3 is 16.2 Å². The van der Waals surface area contributed by atoms with Crippen molar-refractivity contribution in [2.45, 2.75) is 32.7 Å². The number of anilines is 1. The maximum absolute atomic E-state index is 12.8. The minimum absolute atomic E-state index is 0.212. The average Bonchev–Trinajstić information content (AvgIpc) is 3.47. The molecule has 0 bridgehead atoms. The van der Waals surface area contributed by atoms with Gasteiger partial charge in [-0.3, -0.25) is 9.29 Å². The highest BCUT2D eigenvalue weighted by Gasteiger charge is 2.34. The molecule has 144 valence electrons. The van der Waals surface area contributed by atoms with Crippen LogP contribution in [0.3, 0.4) is 0 Å². The molecule has 1 aliphatic rings. The second-order valence-corrected chi connectivity index (χ2v) is 8.22. The number of hydrogen-bond donors (Lipinski definition) is 2. The van der Waals surface area contributed by atoms with Crippen LogP contribution in [0.2, 0.25) is 0 Å². The Bertz CT molecular complexity index is 898. The highest BCUT2D eigenvalue weighted by molar-refractivity contribution is 7.91. The topological polar surface area (TPSA) is 91.4 Å². The van der Waals surface area contributed by atoms with Gasteiger partial charge in [-0.25, -0.2) is 9.52 Å². The van der Waals surface area contributed by atoms with Crippen molar-refractivity contribution >= 4 is 21.9 Å². The lowest BCUT2D eigenvalue weighted by Gasteiger charge is -2.25. The molecule has 1 aliphatic carbocycles. The normalized spacial score (nSPS) is 15.0. The molecule has 1 heterocycles. The fraction of sp³-hybridized carbons (Fsp3) is 0.368. The largest absolute Gasteiger partial charge is 0.330 e. The summed E-state index contributed by atoms with van der Waals surface area (Å²) in [6.45, 7) is 3.78. The highest BCUT2D eigenvalue weighted by Crippen LogP contribution is 2.40. The molecule has 7 nitrogen and oxygen atoms in total. The highest BCUT2D eigenvalue weighted by atomic mass is 32.2. The molecule has 0 radical (unpaired) electrons. The molecule has 0 aliphatic heterocycles. The zero-order valence-electron chi connectivity index (χ0n) is 15.4. The van der Waals surface area contributed by atoms with Gasteiger partial charge in [0, 0.05) is 18.9 Å². The molecule has 3 rings (SSSR count). The van der Waals surface area contributed by atoms with E-state index < -0.39 is 16.2 Å². The third-order valence-corrected chi connectivity index (χ3v) is 6.11. The average molecular weight is 388 g/mol. The van der Waals surface area contributed by atoms with Gasteiger partial charge in [0.15, 0.2) is 0 Å². The molecule has 2 amide bonds. The smallest absolute Gasteiger partial charge is 0.330 e. The Morgan fingerprint density at radius 3 is 2.48 bits per heavy atom. The number of urea groups is 1. The minimum Gasteiger partial charge on any atom is -0.330 e. The van der Waals surface area contributed by atoms with Crippen LogP contribution in [-0.4, -0.2) is 26.0 Å². The molecule has 1 aromatic carbocycles. The van der Waals surface area contributed by atoms with E-state index in [1.807, 2.05) is 31.2 Å². The van der Waals surface area contributed by atoms with Gasteiger partial charge in [0.05, 0.1) is 11.7 Å². The fourth-order valence-electron chi connectivity index (χ4n) is 3.13. The molecule has 2 aromatic rings. The number of amides is 2. The zero-order chi connectivity index (χ0) is 19.4. The number of nitrogens with zero attached hydrogens (tertiary/aromatic N) is 2. The van der Waals surface area contributed by atoms with Crippen molar-refractivity contribution in [3.63, 3.8) is 0 Å². The van der Waals surface area contributed by atoms with Gasteiger partial charge in [0.25, 0.3) is 0 Å². The molecule has 1 aromatic heterocycles. The molecule has 1 saturated carbocycles. The molecule has 2 N–H and O–H groups in total. The van der Waals surface area contributed by atoms with Gasteiger partial charge in [-0.05, 0) is 61.9 Å². The molecule has 0 spiro atoms. The summed E-state index contributed by atoms with van der Waals surface area (Å²) in [4.78, 5) is 16.5. The maximum atomic E-state index is 12.8. The van der Waals surface area contributed by atoms with E-state index in [0.29, 0.717) is 11.6 Å². The predicted molar refractivity (Wildman–Crippen MR) is 104 cm³/mol. The summed E-state index contributed by atoms with van der Waals surface area (Å²) in [6.07, 6.45) is 5.34. The van der Waals surface area contributed by atoms with Crippen LogP contribution in [0, 0.1) is 12.8 Å². The van der Waals surface area contributed by atoms with Crippen LogP contribution in [-0.2, 0) is 10.2 Å². The first kappa shape index (κ1) is 19.2. The van der Waals surface area contributed by atoms with E-state index >= 15 is 0 Å². The van der Waals surface area contributed by atoms with E-state index in [1.165, 1.54) is 4.31 Å². The molecule has 1 fully saturated rings. The number of carbonyl (C=O) groups excluding carboxylic acids is 1. The Hall–Kier alpha value is -2.61. The van der Waals surface area contributed by atoms with Crippen LogP contribution < -0.4 is 14.3 Å². The first-order valence-electron chi connectivity index (χ1n) is 8.99. The van der Waals surface area contributed by atoms with Crippen LogP contribution >= 0.6 is 0 Å². The summed E-state index contributed by atoms with van der Waals surface area (Å²) >= 11 is 0. The van der Waals surface area contributed by atoms with E-state index in [2.05, 4.69) is 15.0 Å². The van der Waals surface area contributed by atoms with Crippen molar-refractivity contribution in [3.05, 3.63) is 59.9 Å². The summed E-state index contributed by atoms with van der Waals surface area (Å²) < 4.78 is 28.9. The molecule has 0 saturated heterocycles. The van der Waals surface area contributed by atoms with E-state index in [1.54, 1.807) is 31.5 Å². The Morgan fingerprint density at radius 2 is 1.89 bits per heavy atom. The first-order valence-corrected chi connectivity index (χ1v) is 10.4. The summed E-state index contributed by atoms with van der Waals surface area (Å²) in [6, 6.07) is 9.89. The summed E-state index contributed by atoms with van der Waals surface area (Å²) in [5.74, 6) is 0.319. The first-order chi connectivity index (χ1) is 12.9.